The van der Waals surface area contributed by atoms with Crippen molar-refractivity contribution in [2.45, 2.75) is 107 Å². The topological polar surface area (TPSA) is 48.5 Å². The zero-order valence-electron chi connectivity index (χ0n) is 19.8. The number of fused-ring (bicyclic) bond motifs is 2. The van der Waals surface area contributed by atoms with Gasteiger partial charge in [0.15, 0.2) is 0 Å². The second-order valence-corrected chi connectivity index (χ2v) is 10.3. The highest BCUT2D eigenvalue weighted by Crippen LogP contribution is 2.56. The molecule has 0 bridgehead atoms. The number of nitrogens with zero attached hydrogens (tertiary/aromatic N) is 5. The van der Waals surface area contributed by atoms with Crippen molar-refractivity contribution in [2.24, 2.45) is 23.7 Å². The fourth-order valence-electron chi connectivity index (χ4n) is 5.06. The predicted octanol–water partition coefficient (Wildman–Crippen LogP) is 6.48. The normalized spacial score (nSPS) is 22.7. The average molecular weight is 416 g/mol. The summed E-state index contributed by atoms with van der Waals surface area (Å²) in [5, 5.41) is 12.6. The van der Waals surface area contributed by atoms with E-state index >= 15 is 0 Å². The van der Waals surface area contributed by atoms with Crippen molar-refractivity contribution < 1.29 is 0 Å². The number of aromatic nitrogens is 5. The summed E-state index contributed by atoms with van der Waals surface area (Å²) in [5.41, 5.74) is 4.12. The van der Waals surface area contributed by atoms with Gasteiger partial charge in [-0.2, -0.15) is 5.10 Å². The predicted molar refractivity (Wildman–Crippen MR) is 126 cm³/mol. The fourth-order valence-corrected chi connectivity index (χ4v) is 5.06. The van der Waals surface area contributed by atoms with Gasteiger partial charge in [0.25, 0.3) is 0 Å². The summed E-state index contributed by atoms with van der Waals surface area (Å²) < 4.78 is 4.14. The number of rotatable bonds is 4. The lowest BCUT2D eigenvalue weighted by molar-refractivity contribution is 0.478. The van der Waals surface area contributed by atoms with Crippen LogP contribution in [0.1, 0.15) is 111 Å². The van der Waals surface area contributed by atoms with E-state index in [1.54, 1.807) is 0 Å². The molecule has 0 aliphatic heterocycles. The lowest BCUT2D eigenvalue weighted by Gasteiger charge is -2.14. The van der Waals surface area contributed by atoms with E-state index in [9.17, 15) is 0 Å². The molecule has 0 aromatic carbocycles. The first kappa shape index (κ1) is 24.6. The van der Waals surface area contributed by atoms with E-state index in [0.29, 0.717) is 18.0 Å². The van der Waals surface area contributed by atoms with Crippen molar-refractivity contribution in [3.8, 4) is 0 Å². The quantitative estimate of drug-likeness (QED) is 0.574. The molecule has 2 heterocycles. The molecule has 0 N–H and O–H groups in total. The maximum absolute atomic E-state index is 4.59. The molecule has 3 atom stereocenters. The fraction of sp³-hybridized carbons (Fsp3) is 0.800. The molecule has 0 saturated heterocycles. The van der Waals surface area contributed by atoms with Crippen LogP contribution < -0.4 is 0 Å². The molecule has 1 fully saturated rings. The minimum Gasteiger partial charge on any atom is -0.267 e. The third kappa shape index (κ3) is 5.33. The molecule has 5 heteroatoms. The maximum Gasteiger partial charge on any atom is 0.0852 e. The Labute approximate surface area is 184 Å². The van der Waals surface area contributed by atoms with Gasteiger partial charge in [-0.3, -0.25) is 4.68 Å². The molecular formula is C25H45N5. The summed E-state index contributed by atoms with van der Waals surface area (Å²) in [6, 6.07) is 0.916. The summed E-state index contributed by atoms with van der Waals surface area (Å²) in [7, 11) is 0. The van der Waals surface area contributed by atoms with Crippen LogP contribution in [0.3, 0.4) is 0 Å². The second kappa shape index (κ2) is 10.1. The van der Waals surface area contributed by atoms with Crippen molar-refractivity contribution in [1.29, 1.82) is 0 Å². The molecule has 0 spiro atoms. The molecule has 4 rings (SSSR count). The average Bonchev–Trinajstić information content (AvgIpc) is 2.99. The first-order valence-electron chi connectivity index (χ1n) is 11.7. The highest BCUT2D eigenvalue weighted by molar-refractivity contribution is 5.21. The molecule has 2 aromatic rings. The van der Waals surface area contributed by atoms with Crippen LogP contribution in [-0.2, 0) is 12.8 Å². The van der Waals surface area contributed by atoms with Crippen molar-refractivity contribution in [2.75, 3.05) is 0 Å². The van der Waals surface area contributed by atoms with E-state index in [2.05, 4.69) is 81.7 Å². The SMILES string of the molecule is C.CC(C)C1[C@H]2CCc3cnn(C(C)C)c3CC[C@@H]12.CC(C)c1cn(C(C)C)nn1. The third-order valence-corrected chi connectivity index (χ3v) is 6.75. The van der Waals surface area contributed by atoms with Gasteiger partial charge in [-0.1, -0.05) is 40.3 Å². The number of hydrogen-bond donors (Lipinski definition) is 0. The molecule has 2 aliphatic rings. The zero-order valence-corrected chi connectivity index (χ0v) is 19.8. The Morgan fingerprint density at radius 1 is 0.900 bits per heavy atom. The summed E-state index contributed by atoms with van der Waals surface area (Å²) in [4.78, 5) is 0. The van der Waals surface area contributed by atoms with Crippen LogP contribution in [-0.4, -0.2) is 24.8 Å². The number of hydrogen-bond acceptors (Lipinski definition) is 3. The summed E-state index contributed by atoms with van der Waals surface area (Å²) in [5.74, 6) is 4.38. The van der Waals surface area contributed by atoms with Crippen LogP contribution in [0.4, 0.5) is 0 Å². The molecule has 0 amide bonds. The van der Waals surface area contributed by atoms with Crippen molar-refractivity contribution in [1.82, 2.24) is 24.8 Å². The van der Waals surface area contributed by atoms with Gasteiger partial charge in [0.2, 0.25) is 0 Å². The Hall–Kier alpha value is -1.65. The monoisotopic (exact) mass is 415 g/mol. The molecule has 170 valence electrons. The molecule has 2 aromatic heterocycles. The van der Waals surface area contributed by atoms with E-state index in [1.165, 1.54) is 36.9 Å². The Balaban J connectivity index is 0.000000232. The summed E-state index contributed by atoms with van der Waals surface area (Å²) in [6.45, 7) is 17.7. The van der Waals surface area contributed by atoms with Gasteiger partial charge in [-0.05, 0) is 88.5 Å². The molecule has 0 radical (unpaired) electrons. The van der Waals surface area contributed by atoms with E-state index in [-0.39, 0.29) is 7.43 Å². The summed E-state index contributed by atoms with van der Waals surface area (Å²) in [6.07, 6.45) is 9.42. The Kier molecular flexibility index (Phi) is 8.29. The minimum atomic E-state index is 0. The largest absolute Gasteiger partial charge is 0.267 e. The van der Waals surface area contributed by atoms with Crippen LogP contribution >= 0.6 is 0 Å². The van der Waals surface area contributed by atoms with Gasteiger partial charge >= 0.3 is 0 Å². The van der Waals surface area contributed by atoms with Gasteiger partial charge in [0.05, 0.1) is 11.9 Å². The van der Waals surface area contributed by atoms with Crippen LogP contribution in [0.5, 0.6) is 0 Å². The van der Waals surface area contributed by atoms with E-state index in [0.717, 1.165) is 29.4 Å². The van der Waals surface area contributed by atoms with Gasteiger partial charge in [-0.25, -0.2) is 4.68 Å². The standard InChI is InChI=1S/C16H26N2.C8H15N3.CH4/c1-10(2)16-13-6-5-12-9-17-18(11(3)4)15(12)8-7-14(13)16;1-6(2)8-5-11(7(3)4)10-9-8;/h9-11,13-14,16H,5-8H2,1-4H3;5-7H,1-4H3;1H4/t13-,14+,16?;;/m0../s1. The smallest absolute Gasteiger partial charge is 0.0852 e. The highest BCUT2D eigenvalue weighted by atomic mass is 15.4. The molecule has 2 aliphatic carbocycles. The van der Waals surface area contributed by atoms with Crippen LogP contribution in [0.25, 0.3) is 0 Å². The van der Waals surface area contributed by atoms with Crippen molar-refractivity contribution >= 4 is 0 Å². The van der Waals surface area contributed by atoms with Crippen molar-refractivity contribution in [3.05, 3.63) is 29.3 Å². The third-order valence-electron chi connectivity index (χ3n) is 6.75. The van der Waals surface area contributed by atoms with Gasteiger partial charge in [0.1, 0.15) is 0 Å². The highest BCUT2D eigenvalue weighted by Gasteiger charge is 2.50. The van der Waals surface area contributed by atoms with E-state index in [1.807, 2.05) is 10.9 Å². The van der Waals surface area contributed by atoms with Gasteiger partial charge in [-0.15, -0.1) is 5.10 Å². The lowest BCUT2D eigenvalue weighted by atomic mass is 9.99. The molecular weight excluding hydrogens is 370 g/mol. The molecule has 5 nitrogen and oxygen atoms in total. The maximum atomic E-state index is 4.59. The lowest BCUT2D eigenvalue weighted by Crippen LogP contribution is -2.10. The molecule has 1 saturated carbocycles. The first-order valence-corrected chi connectivity index (χ1v) is 11.7. The van der Waals surface area contributed by atoms with Gasteiger partial charge in [0, 0.05) is 24.0 Å². The van der Waals surface area contributed by atoms with E-state index in [4.69, 9.17) is 0 Å². The van der Waals surface area contributed by atoms with E-state index < -0.39 is 0 Å². The Morgan fingerprint density at radius 3 is 2.00 bits per heavy atom. The second-order valence-electron chi connectivity index (χ2n) is 10.3. The Bertz CT molecular complexity index is 761. The van der Waals surface area contributed by atoms with Crippen LogP contribution in [0.15, 0.2) is 12.4 Å². The zero-order chi connectivity index (χ0) is 21.3. The number of aryl methyl sites for hydroxylation is 1. The summed E-state index contributed by atoms with van der Waals surface area (Å²) >= 11 is 0. The van der Waals surface area contributed by atoms with Crippen molar-refractivity contribution in [3.63, 3.8) is 0 Å². The van der Waals surface area contributed by atoms with Crippen LogP contribution in [0, 0.1) is 23.7 Å². The van der Waals surface area contributed by atoms with Gasteiger partial charge < -0.3 is 0 Å². The molecule has 1 unspecified atom stereocenters. The minimum absolute atomic E-state index is 0. The van der Waals surface area contributed by atoms with Crippen LogP contribution in [0.2, 0.25) is 0 Å². The Morgan fingerprint density at radius 2 is 1.53 bits per heavy atom. The molecule has 30 heavy (non-hydrogen) atoms. The first-order chi connectivity index (χ1) is 13.7.